The molecule has 0 rings (SSSR count). The fraction of sp³-hybridized carbons (Fsp3) is 0.923. The van der Waals surface area contributed by atoms with E-state index in [1.807, 2.05) is 20.9 Å². The van der Waals surface area contributed by atoms with Crippen LogP contribution in [0.1, 0.15) is 47.0 Å². The van der Waals surface area contributed by atoms with Gasteiger partial charge < -0.3 is 14.8 Å². The summed E-state index contributed by atoms with van der Waals surface area (Å²) < 4.78 is 10.4. The lowest BCUT2D eigenvalue weighted by Gasteiger charge is -2.29. The lowest BCUT2D eigenvalue weighted by molar-refractivity contribution is -0.142. The van der Waals surface area contributed by atoms with Gasteiger partial charge in [0, 0.05) is 18.6 Å². The molecule has 0 amide bonds. The molecule has 0 saturated heterocycles. The van der Waals surface area contributed by atoms with Crippen LogP contribution in [0.4, 0.5) is 0 Å². The van der Waals surface area contributed by atoms with E-state index in [4.69, 9.17) is 4.74 Å². The van der Waals surface area contributed by atoms with Crippen molar-refractivity contribution in [3.63, 3.8) is 0 Å². The van der Waals surface area contributed by atoms with Gasteiger partial charge in [0.1, 0.15) is 0 Å². The molecule has 0 aromatic carbocycles. The second-order valence-electron chi connectivity index (χ2n) is 5.57. The molecule has 1 N–H and O–H groups in total. The van der Waals surface area contributed by atoms with Crippen molar-refractivity contribution in [3.8, 4) is 0 Å². The first-order valence-corrected chi connectivity index (χ1v) is 6.12. The molecule has 0 heterocycles. The van der Waals surface area contributed by atoms with Crippen molar-refractivity contribution in [2.75, 3.05) is 20.8 Å². The number of methoxy groups -OCH3 is 1. The van der Waals surface area contributed by atoms with Crippen LogP contribution in [-0.2, 0) is 14.3 Å². The molecule has 0 atom stereocenters. The number of esters is 1. The summed E-state index contributed by atoms with van der Waals surface area (Å²) in [5, 5.41) is 3.23. The van der Waals surface area contributed by atoms with Crippen LogP contribution in [0.15, 0.2) is 0 Å². The highest BCUT2D eigenvalue weighted by molar-refractivity contribution is 5.69. The summed E-state index contributed by atoms with van der Waals surface area (Å²) in [5.74, 6) is -0.183. The van der Waals surface area contributed by atoms with Gasteiger partial charge in [-0.1, -0.05) is 0 Å². The first-order valence-electron chi connectivity index (χ1n) is 6.12. The van der Waals surface area contributed by atoms with Gasteiger partial charge in [0.25, 0.3) is 0 Å². The zero-order valence-electron chi connectivity index (χ0n) is 12.1. The maximum atomic E-state index is 11.1. The van der Waals surface area contributed by atoms with Gasteiger partial charge in [0.05, 0.1) is 12.7 Å². The second-order valence-corrected chi connectivity index (χ2v) is 5.57. The predicted molar refractivity (Wildman–Crippen MR) is 69.0 cm³/mol. The SMILES string of the molecule is CNC(C)(C)CCOC(C)(C)CCC(=O)OC. The summed E-state index contributed by atoms with van der Waals surface area (Å²) >= 11 is 0. The van der Waals surface area contributed by atoms with Crippen LogP contribution in [0.3, 0.4) is 0 Å². The van der Waals surface area contributed by atoms with Crippen LogP contribution in [0.5, 0.6) is 0 Å². The lowest BCUT2D eigenvalue weighted by Crippen LogP contribution is -2.38. The number of carbonyl (C=O) groups excluding carboxylic acids is 1. The van der Waals surface area contributed by atoms with Crippen LogP contribution in [0.2, 0.25) is 0 Å². The zero-order chi connectivity index (χ0) is 13.5. The fourth-order valence-electron chi connectivity index (χ4n) is 1.28. The first-order chi connectivity index (χ1) is 7.72. The monoisotopic (exact) mass is 245 g/mol. The Kier molecular flexibility index (Phi) is 6.72. The number of nitrogens with one attached hydrogen (secondary N) is 1. The molecule has 0 saturated carbocycles. The van der Waals surface area contributed by atoms with E-state index in [9.17, 15) is 4.79 Å². The van der Waals surface area contributed by atoms with E-state index in [0.29, 0.717) is 19.4 Å². The van der Waals surface area contributed by atoms with Gasteiger partial charge in [0.2, 0.25) is 0 Å². The summed E-state index contributed by atoms with van der Waals surface area (Å²) in [4.78, 5) is 11.1. The number of ether oxygens (including phenoxy) is 2. The van der Waals surface area contributed by atoms with E-state index in [0.717, 1.165) is 6.42 Å². The highest BCUT2D eigenvalue weighted by Crippen LogP contribution is 2.19. The molecule has 0 aliphatic carbocycles. The smallest absolute Gasteiger partial charge is 0.305 e. The highest BCUT2D eigenvalue weighted by Gasteiger charge is 2.22. The highest BCUT2D eigenvalue weighted by atomic mass is 16.5. The number of hydrogen-bond donors (Lipinski definition) is 1. The molecule has 0 radical (unpaired) electrons. The Hall–Kier alpha value is -0.610. The molecule has 0 unspecified atom stereocenters. The van der Waals surface area contributed by atoms with Gasteiger partial charge in [-0.05, 0) is 47.6 Å². The molecule has 0 aromatic heterocycles. The normalized spacial score (nSPS) is 12.6. The van der Waals surface area contributed by atoms with Crippen LogP contribution < -0.4 is 5.32 Å². The lowest BCUT2D eigenvalue weighted by atomic mass is 10.0. The van der Waals surface area contributed by atoms with Gasteiger partial charge in [-0.25, -0.2) is 0 Å². The van der Waals surface area contributed by atoms with Gasteiger partial charge >= 0.3 is 5.97 Å². The van der Waals surface area contributed by atoms with Crippen LogP contribution in [0.25, 0.3) is 0 Å². The average molecular weight is 245 g/mol. The maximum Gasteiger partial charge on any atom is 0.305 e. The molecule has 0 aromatic rings. The van der Waals surface area contributed by atoms with Crippen molar-refractivity contribution in [1.29, 1.82) is 0 Å². The van der Waals surface area contributed by atoms with E-state index in [1.54, 1.807) is 0 Å². The quantitative estimate of drug-likeness (QED) is 0.665. The minimum atomic E-state index is -0.280. The largest absolute Gasteiger partial charge is 0.469 e. The van der Waals surface area contributed by atoms with Crippen molar-refractivity contribution in [3.05, 3.63) is 0 Å². The van der Waals surface area contributed by atoms with Gasteiger partial charge in [-0.3, -0.25) is 4.79 Å². The Morgan fingerprint density at radius 2 is 1.76 bits per heavy atom. The molecule has 0 fully saturated rings. The van der Waals surface area contributed by atoms with Crippen molar-refractivity contribution < 1.29 is 14.3 Å². The molecular formula is C13H27NO3. The van der Waals surface area contributed by atoms with E-state index >= 15 is 0 Å². The molecule has 4 nitrogen and oxygen atoms in total. The van der Waals surface area contributed by atoms with Crippen molar-refractivity contribution in [2.24, 2.45) is 0 Å². The summed E-state index contributed by atoms with van der Waals surface area (Å²) in [5.41, 5.74) is -0.198. The molecule has 4 heteroatoms. The Morgan fingerprint density at radius 1 is 1.18 bits per heavy atom. The third-order valence-electron chi connectivity index (χ3n) is 3.06. The average Bonchev–Trinajstić information content (AvgIpc) is 2.25. The summed E-state index contributed by atoms with van der Waals surface area (Å²) in [6, 6.07) is 0. The predicted octanol–water partition coefficient (Wildman–Crippen LogP) is 2.12. The van der Waals surface area contributed by atoms with Crippen molar-refractivity contribution >= 4 is 5.97 Å². The van der Waals surface area contributed by atoms with E-state index in [-0.39, 0.29) is 17.1 Å². The molecule has 0 bridgehead atoms. The molecule has 0 aliphatic rings. The number of hydrogen-bond acceptors (Lipinski definition) is 4. The van der Waals surface area contributed by atoms with Crippen molar-refractivity contribution in [2.45, 2.75) is 58.1 Å². The second kappa shape index (κ2) is 6.97. The van der Waals surface area contributed by atoms with E-state index < -0.39 is 0 Å². The van der Waals surface area contributed by atoms with E-state index in [2.05, 4.69) is 23.9 Å². The van der Waals surface area contributed by atoms with Crippen LogP contribution in [0, 0.1) is 0 Å². The third kappa shape index (κ3) is 8.16. The number of rotatable bonds is 8. The molecule has 0 spiro atoms. The third-order valence-corrected chi connectivity index (χ3v) is 3.06. The Labute approximate surface area is 105 Å². The van der Waals surface area contributed by atoms with Crippen molar-refractivity contribution in [1.82, 2.24) is 5.32 Å². The standard InChI is InChI=1S/C13H27NO3/c1-12(2,14-5)9-10-17-13(3,4)8-7-11(15)16-6/h14H,7-10H2,1-6H3. The van der Waals surface area contributed by atoms with Gasteiger partial charge in [0.15, 0.2) is 0 Å². The topological polar surface area (TPSA) is 47.6 Å². The Bertz CT molecular complexity index is 237. The Morgan fingerprint density at radius 3 is 2.24 bits per heavy atom. The maximum absolute atomic E-state index is 11.1. The summed E-state index contributed by atoms with van der Waals surface area (Å²) in [6.45, 7) is 8.96. The van der Waals surface area contributed by atoms with Gasteiger partial charge in [-0.2, -0.15) is 0 Å². The number of carbonyl (C=O) groups is 1. The minimum absolute atomic E-state index is 0.0818. The van der Waals surface area contributed by atoms with Crippen LogP contribution in [-0.4, -0.2) is 37.9 Å². The molecule has 102 valence electrons. The molecular weight excluding hydrogens is 218 g/mol. The van der Waals surface area contributed by atoms with Gasteiger partial charge in [-0.15, -0.1) is 0 Å². The fourth-order valence-corrected chi connectivity index (χ4v) is 1.28. The van der Waals surface area contributed by atoms with Crippen LogP contribution >= 0.6 is 0 Å². The first kappa shape index (κ1) is 16.4. The Balaban J connectivity index is 3.89. The summed E-state index contributed by atoms with van der Waals surface area (Å²) in [6.07, 6.45) is 2.02. The van der Waals surface area contributed by atoms with E-state index in [1.165, 1.54) is 7.11 Å². The summed E-state index contributed by atoms with van der Waals surface area (Å²) in [7, 11) is 3.36. The minimum Gasteiger partial charge on any atom is -0.469 e. The molecule has 17 heavy (non-hydrogen) atoms. The zero-order valence-corrected chi connectivity index (χ0v) is 12.1. The molecule has 0 aliphatic heterocycles.